The van der Waals surface area contributed by atoms with E-state index in [1.165, 1.54) is 0 Å². The molecular weight excluding hydrogens is 160 g/mol. The largest absolute Gasteiger partial charge is 0.388 e. The van der Waals surface area contributed by atoms with E-state index in [1.807, 2.05) is 30.3 Å². The van der Waals surface area contributed by atoms with Crippen LogP contribution in [-0.4, -0.2) is 11.2 Å². The van der Waals surface area contributed by atoms with Gasteiger partial charge in [0.2, 0.25) is 0 Å². The van der Waals surface area contributed by atoms with Gasteiger partial charge >= 0.3 is 0 Å². The average Bonchev–Trinajstić information content (AvgIpc) is 2.18. The molecule has 13 heavy (non-hydrogen) atoms. The van der Waals surface area contributed by atoms with Gasteiger partial charge in [0.15, 0.2) is 0 Å². The highest BCUT2D eigenvalue weighted by Crippen LogP contribution is 2.18. The highest BCUT2D eigenvalue weighted by molar-refractivity contribution is 5.66. The molecule has 0 aliphatic heterocycles. The maximum atomic E-state index is 9.67. The van der Waals surface area contributed by atoms with Crippen LogP contribution in [0.1, 0.15) is 25.3 Å². The van der Waals surface area contributed by atoms with Crippen LogP contribution in [0.15, 0.2) is 36.9 Å². The summed E-state index contributed by atoms with van der Waals surface area (Å²) in [5, 5.41) is 9.67. The molecule has 0 bridgehead atoms. The fraction of sp³-hybridized carbons (Fsp3) is 0.333. The van der Waals surface area contributed by atoms with Gasteiger partial charge in [-0.05, 0) is 17.6 Å². The summed E-state index contributed by atoms with van der Waals surface area (Å²) in [4.78, 5) is 0. The van der Waals surface area contributed by atoms with Gasteiger partial charge in [-0.2, -0.15) is 0 Å². The van der Waals surface area contributed by atoms with Crippen LogP contribution in [0.25, 0.3) is 5.57 Å². The first kappa shape index (κ1) is 10.0. The first-order valence-corrected chi connectivity index (χ1v) is 4.68. The van der Waals surface area contributed by atoms with E-state index in [9.17, 15) is 5.11 Å². The van der Waals surface area contributed by atoms with Gasteiger partial charge < -0.3 is 5.11 Å². The highest BCUT2D eigenvalue weighted by atomic mass is 16.3. The summed E-state index contributed by atoms with van der Waals surface area (Å²) in [6.45, 7) is 5.95. The van der Waals surface area contributed by atoms with Crippen molar-refractivity contribution in [1.82, 2.24) is 0 Å². The maximum absolute atomic E-state index is 9.67. The second kappa shape index (κ2) is 4.83. The van der Waals surface area contributed by atoms with Crippen LogP contribution in [0.4, 0.5) is 0 Å². The Bertz CT molecular complexity index is 264. The molecule has 1 atom stereocenters. The number of rotatable bonds is 4. The number of aliphatic hydroxyl groups excluding tert-OH is 1. The predicted molar refractivity (Wildman–Crippen MR) is 56.4 cm³/mol. The number of aliphatic hydroxyl groups is 1. The fourth-order valence-electron chi connectivity index (χ4n) is 1.29. The van der Waals surface area contributed by atoms with Crippen LogP contribution in [0.2, 0.25) is 0 Å². The van der Waals surface area contributed by atoms with E-state index >= 15 is 0 Å². The molecule has 1 rings (SSSR count). The van der Waals surface area contributed by atoms with Crippen LogP contribution in [0, 0.1) is 0 Å². The van der Waals surface area contributed by atoms with E-state index in [1.54, 1.807) is 0 Å². The zero-order valence-electron chi connectivity index (χ0n) is 8.03. The number of hydrogen-bond donors (Lipinski definition) is 1. The molecule has 1 aromatic rings. The first-order valence-electron chi connectivity index (χ1n) is 4.68. The van der Waals surface area contributed by atoms with Gasteiger partial charge in [-0.15, -0.1) is 0 Å². The number of benzene rings is 1. The van der Waals surface area contributed by atoms with Crippen LogP contribution in [0.3, 0.4) is 0 Å². The molecule has 0 aromatic heterocycles. The Labute approximate surface area is 79.7 Å². The van der Waals surface area contributed by atoms with E-state index < -0.39 is 6.10 Å². The zero-order valence-corrected chi connectivity index (χ0v) is 8.03. The third-order valence-corrected chi connectivity index (χ3v) is 2.11. The van der Waals surface area contributed by atoms with Crippen molar-refractivity contribution in [2.45, 2.75) is 25.9 Å². The van der Waals surface area contributed by atoms with E-state index in [2.05, 4.69) is 13.5 Å². The smallest absolute Gasteiger partial charge is 0.0790 e. The highest BCUT2D eigenvalue weighted by Gasteiger charge is 2.08. The van der Waals surface area contributed by atoms with Crippen molar-refractivity contribution in [3.63, 3.8) is 0 Å². The van der Waals surface area contributed by atoms with Crippen LogP contribution >= 0.6 is 0 Å². The molecule has 0 saturated carbocycles. The molecule has 0 aliphatic rings. The Hall–Kier alpha value is -1.08. The second-order valence-electron chi connectivity index (χ2n) is 3.20. The van der Waals surface area contributed by atoms with Gasteiger partial charge in [-0.25, -0.2) is 0 Å². The SMILES string of the molecule is C=C(c1ccccc1)C(O)CCC. The van der Waals surface area contributed by atoms with Gasteiger partial charge in [-0.1, -0.05) is 50.3 Å². The van der Waals surface area contributed by atoms with Crippen LogP contribution in [0.5, 0.6) is 0 Å². The van der Waals surface area contributed by atoms with Gasteiger partial charge in [0.1, 0.15) is 0 Å². The molecule has 0 saturated heterocycles. The topological polar surface area (TPSA) is 20.2 Å². The molecule has 0 heterocycles. The quantitative estimate of drug-likeness (QED) is 0.748. The third-order valence-electron chi connectivity index (χ3n) is 2.11. The normalized spacial score (nSPS) is 12.5. The zero-order chi connectivity index (χ0) is 9.68. The molecule has 1 aromatic carbocycles. The Morgan fingerprint density at radius 3 is 2.54 bits per heavy atom. The summed E-state index contributed by atoms with van der Waals surface area (Å²) in [6, 6.07) is 9.82. The first-order chi connectivity index (χ1) is 6.25. The van der Waals surface area contributed by atoms with Gasteiger partial charge in [0, 0.05) is 0 Å². The van der Waals surface area contributed by atoms with Crippen molar-refractivity contribution in [2.24, 2.45) is 0 Å². The molecule has 0 radical (unpaired) electrons. The molecule has 0 amide bonds. The Morgan fingerprint density at radius 1 is 1.38 bits per heavy atom. The Kier molecular flexibility index (Phi) is 3.71. The molecule has 0 aliphatic carbocycles. The minimum absolute atomic E-state index is 0.396. The molecule has 1 N–H and O–H groups in total. The van der Waals surface area contributed by atoms with Gasteiger partial charge in [-0.3, -0.25) is 0 Å². The van der Waals surface area contributed by atoms with E-state index in [-0.39, 0.29) is 0 Å². The van der Waals surface area contributed by atoms with E-state index in [4.69, 9.17) is 0 Å². The fourth-order valence-corrected chi connectivity index (χ4v) is 1.29. The molecule has 1 unspecified atom stereocenters. The lowest BCUT2D eigenvalue weighted by molar-refractivity contribution is 0.221. The minimum Gasteiger partial charge on any atom is -0.388 e. The standard InChI is InChI=1S/C12H16O/c1-3-7-12(13)10(2)11-8-5-4-6-9-11/h4-6,8-9,12-13H,2-3,7H2,1H3. The second-order valence-corrected chi connectivity index (χ2v) is 3.20. The average molecular weight is 176 g/mol. The summed E-state index contributed by atoms with van der Waals surface area (Å²) in [6.07, 6.45) is 1.37. The third kappa shape index (κ3) is 2.71. The maximum Gasteiger partial charge on any atom is 0.0790 e. The summed E-state index contributed by atoms with van der Waals surface area (Å²) < 4.78 is 0. The van der Waals surface area contributed by atoms with Crippen molar-refractivity contribution in [2.75, 3.05) is 0 Å². The number of hydrogen-bond acceptors (Lipinski definition) is 1. The Morgan fingerprint density at radius 2 is 2.00 bits per heavy atom. The summed E-state index contributed by atoms with van der Waals surface area (Å²) in [7, 11) is 0. The van der Waals surface area contributed by atoms with Crippen molar-refractivity contribution >= 4 is 5.57 Å². The molecule has 0 fully saturated rings. The monoisotopic (exact) mass is 176 g/mol. The van der Waals surface area contributed by atoms with E-state index in [0.717, 1.165) is 24.0 Å². The van der Waals surface area contributed by atoms with Crippen molar-refractivity contribution < 1.29 is 5.11 Å². The van der Waals surface area contributed by atoms with Gasteiger partial charge in [0.05, 0.1) is 6.10 Å². The van der Waals surface area contributed by atoms with E-state index in [0.29, 0.717) is 0 Å². The Balaban J connectivity index is 2.68. The molecular formula is C12H16O. The molecule has 70 valence electrons. The predicted octanol–water partition coefficient (Wildman–Crippen LogP) is 2.86. The lowest BCUT2D eigenvalue weighted by Gasteiger charge is -2.12. The van der Waals surface area contributed by atoms with Crippen LogP contribution in [-0.2, 0) is 0 Å². The molecule has 1 nitrogen and oxygen atoms in total. The lowest BCUT2D eigenvalue weighted by Crippen LogP contribution is -2.07. The summed E-state index contributed by atoms with van der Waals surface area (Å²) in [5.74, 6) is 0. The minimum atomic E-state index is -0.396. The van der Waals surface area contributed by atoms with Crippen molar-refractivity contribution in [3.05, 3.63) is 42.5 Å². The lowest BCUT2D eigenvalue weighted by atomic mass is 9.99. The summed E-state index contributed by atoms with van der Waals surface area (Å²) in [5.41, 5.74) is 1.85. The summed E-state index contributed by atoms with van der Waals surface area (Å²) >= 11 is 0. The van der Waals surface area contributed by atoms with Crippen molar-refractivity contribution in [1.29, 1.82) is 0 Å². The van der Waals surface area contributed by atoms with Crippen molar-refractivity contribution in [3.8, 4) is 0 Å². The molecule has 1 heteroatoms. The van der Waals surface area contributed by atoms with Gasteiger partial charge in [0.25, 0.3) is 0 Å². The molecule has 0 spiro atoms. The van der Waals surface area contributed by atoms with Crippen LogP contribution < -0.4 is 0 Å².